The third-order valence-corrected chi connectivity index (χ3v) is 7.72. The Morgan fingerprint density at radius 3 is 2.41 bits per heavy atom. The van der Waals surface area contributed by atoms with Crippen molar-refractivity contribution in [1.29, 1.82) is 0 Å². The molecule has 0 bridgehead atoms. The minimum Gasteiger partial charge on any atom is -0.493 e. The van der Waals surface area contributed by atoms with Crippen molar-refractivity contribution < 1.29 is 13.9 Å². The van der Waals surface area contributed by atoms with E-state index in [9.17, 15) is 9.18 Å². The van der Waals surface area contributed by atoms with Crippen molar-refractivity contribution in [3.8, 4) is 11.5 Å². The summed E-state index contributed by atoms with van der Waals surface area (Å²) in [5.74, 6) is 1.44. The first kappa shape index (κ1) is 26.6. The minimum atomic E-state index is -0.519. The molecule has 0 saturated carbocycles. The summed E-state index contributed by atoms with van der Waals surface area (Å²) in [4.78, 5) is 20.9. The number of aromatic nitrogens is 5. The molecule has 5 rings (SSSR count). The molecule has 0 aliphatic carbocycles. The van der Waals surface area contributed by atoms with Gasteiger partial charge in [0.2, 0.25) is 0 Å². The van der Waals surface area contributed by atoms with Gasteiger partial charge in [-0.15, -0.1) is 5.10 Å². The lowest BCUT2D eigenvalue weighted by Gasteiger charge is -2.40. The maximum atomic E-state index is 14.5. The van der Waals surface area contributed by atoms with Crippen LogP contribution in [0.4, 0.5) is 10.1 Å². The molecule has 206 valence electrons. The number of fused-ring (bicyclic) bond motifs is 1. The van der Waals surface area contributed by atoms with Gasteiger partial charge < -0.3 is 19.4 Å². The molecule has 39 heavy (non-hydrogen) atoms. The van der Waals surface area contributed by atoms with Crippen LogP contribution >= 0.6 is 0 Å². The molecule has 1 aliphatic rings. The molecule has 1 fully saturated rings. The van der Waals surface area contributed by atoms with Crippen LogP contribution in [0.2, 0.25) is 0 Å². The van der Waals surface area contributed by atoms with Gasteiger partial charge in [0.05, 0.1) is 31.0 Å². The number of methoxy groups -OCH3 is 2. The zero-order chi connectivity index (χ0) is 27.7. The SMILES string of the molecule is CCC(C)(C)n1nnnc1[C@H](c1cc2cc(OC)c(OC)cc2[nH]c1=O)N1CCN(c2ccccc2F)CC1. The van der Waals surface area contributed by atoms with Crippen LogP contribution in [-0.4, -0.2) is 70.5 Å². The van der Waals surface area contributed by atoms with Crippen molar-refractivity contribution in [3.63, 3.8) is 0 Å². The molecule has 1 aliphatic heterocycles. The summed E-state index contributed by atoms with van der Waals surface area (Å²) < 4.78 is 27.3. The Kier molecular flexibility index (Phi) is 7.26. The van der Waals surface area contributed by atoms with E-state index < -0.39 is 6.04 Å². The third-order valence-electron chi connectivity index (χ3n) is 7.72. The highest BCUT2D eigenvalue weighted by molar-refractivity contribution is 5.83. The second-order valence-electron chi connectivity index (χ2n) is 10.3. The van der Waals surface area contributed by atoms with Crippen molar-refractivity contribution in [2.75, 3.05) is 45.3 Å². The van der Waals surface area contributed by atoms with E-state index in [1.807, 2.05) is 27.8 Å². The van der Waals surface area contributed by atoms with Gasteiger partial charge in [-0.05, 0) is 55.0 Å². The molecule has 4 aromatic rings. The average molecular weight is 536 g/mol. The van der Waals surface area contributed by atoms with Crippen LogP contribution in [0.25, 0.3) is 10.9 Å². The van der Waals surface area contributed by atoms with Crippen molar-refractivity contribution in [2.24, 2.45) is 0 Å². The quantitative estimate of drug-likeness (QED) is 0.364. The van der Waals surface area contributed by atoms with Gasteiger partial charge in [0.25, 0.3) is 5.56 Å². The minimum absolute atomic E-state index is 0.236. The number of aromatic amines is 1. The fraction of sp³-hybridized carbons (Fsp3) is 0.429. The Hall–Kier alpha value is -3.99. The van der Waals surface area contributed by atoms with E-state index in [2.05, 4.69) is 46.2 Å². The largest absolute Gasteiger partial charge is 0.493 e. The summed E-state index contributed by atoms with van der Waals surface area (Å²) in [6.45, 7) is 8.57. The van der Waals surface area contributed by atoms with Crippen LogP contribution in [-0.2, 0) is 5.54 Å². The van der Waals surface area contributed by atoms with Crippen molar-refractivity contribution in [1.82, 2.24) is 30.1 Å². The van der Waals surface area contributed by atoms with E-state index in [4.69, 9.17) is 9.47 Å². The molecule has 2 aromatic heterocycles. The molecule has 0 spiro atoms. The van der Waals surface area contributed by atoms with Crippen LogP contribution in [0.1, 0.15) is 44.6 Å². The van der Waals surface area contributed by atoms with E-state index in [1.165, 1.54) is 6.07 Å². The topological polar surface area (TPSA) is 101 Å². The van der Waals surface area contributed by atoms with E-state index in [-0.39, 0.29) is 16.9 Å². The van der Waals surface area contributed by atoms with Crippen LogP contribution in [0, 0.1) is 5.82 Å². The lowest BCUT2D eigenvalue weighted by Crippen LogP contribution is -2.49. The number of nitrogens with one attached hydrogen (secondary N) is 1. The number of rotatable bonds is 8. The van der Waals surface area contributed by atoms with Gasteiger partial charge in [-0.1, -0.05) is 19.1 Å². The summed E-state index contributed by atoms with van der Waals surface area (Å²) in [5.41, 5.74) is 1.14. The van der Waals surface area contributed by atoms with Crippen LogP contribution in [0.5, 0.6) is 11.5 Å². The number of pyridine rings is 1. The van der Waals surface area contributed by atoms with E-state index in [0.717, 1.165) is 11.8 Å². The number of tetrazole rings is 1. The second kappa shape index (κ2) is 10.6. The second-order valence-corrected chi connectivity index (χ2v) is 10.3. The van der Waals surface area contributed by atoms with Gasteiger partial charge in [0.1, 0.15) is 11.9 Å². The van der Waals surface area contributed by atoms with E-state index >= 15 is 0 Å². The summed E-state index contributed by atoms with van der Waals surface area (Å²) >= 11 is 0. The van der Waals surface area contributed by atoms with E-state index in [0.29, 0.717) is 60.3 Å². The zero-order valence-corrected chi connectivity index (χ0v) is 22.9. The number of hydrogen-bond acceptors (Lipinski definition) is 8. The van der Waals surface area contributed by atoms with Crippen molar-refractivity contribution in [3.05, 3.63) is 70.0 Å². The first-order valence-corrected chi connectivity index (χ1v) is 13.1. The summed E-state index contributed by atoms with van der Waals surface area (Å²) in [6.07, 6.45) is 0.796. The number of H-pyrrole nitrogens is 1. The first-order chi connectivity index (χ1) is 18.8. The summed E-state index contributed by atoms with van der Waals surface area (Å²) in [5, 5.41) is 13.6. The Bertz CT molecular complexity index is 1530. The Labute approximate surface area is 226 Å². The highest BCUT2D eigenvalue weighted by Crippen LogP contribution is 2.35. The number of anilines is 1. The number of piperazine rings is 1. The smallest absolute Gasteiger partial charge is 0.253 e. The van der Waals surface area contributed by atoms with Gasteiger partial charge in [-0.3, -0.25) is 9.69 Å². The van der Waals surface area contributed by atoms with Crippen LogP contribution in [0.15, 0.2) is 47.3 Å². The Morgan fingerprint density at radius 1 is 1.05 bits per heavy atom. The standard InChI is InChI=1S/C28H34FN7O3/c1-6-28(2,3)36-26(31-32-33-36)25(35-13-11-34(12-14-35)22-10-8-7-9-20(22)29)19-15-18-16-23(38-4)24(39-5)17-21(18)30-27(19)37/h7-10,15-17,25H,6,11-14H2,1-5H3,(H,30,37)/t25-/m0/s1. The summed E-state index contributed by atoms with van der Waals surface area (Å²) in [6, 6.07) is 11.8. The molecule has 2 aromatic carbocycles. The molecule has 10 nitrogen and oxygen atoms in total. The predicted octanol–water partition coefficient (Wildman–Crippen LogP) is 3.73. The predicted molar refractivity (Wildman–Crippen MR) is 147 cm³/mol. The number of ether oxygens (including phenoxy) is 2. The molecule has 0 amide bonds. The number of benzene rings is 2. The molecular weight excluding hydrogens is 501 g/mol. The molecule has 1 atom stereocenters. The van der Waals surface area contributed by atoms with E-state index in [1.54, 1.807) is 32.4 Å². The third kappa shape index (κ3) is 4.94. The fourth-order valence-electron chi connectivity index (χ4n) is 5.13. The van der Waals surface area contributed by atoms with Gasteiger partial charge in [-0.2, -0.15) is 0 Å². The van der Waals surface area contributed by atoms with Gasteiger partial charge in [0, 0.05) is 43.2 Å². The molecule has 0 radical (unpaired) electrons. The maximum absolute atomic E-state index is 14.5. The molecule has 1 saturated heterocycles. The van der Waals surface area contributed by atoms with Gasteiger partial charge >= 0.3 is 0 Å². The maximum Gasteiger partial charge on any atom is 0.253 e. The summed E-state index contributed by atoms with van der Waals surface area (Å²) in [7, 11) is 3.14. The lowest BCUT2D eigenvalue weighted by atomic mass is 9.98. The highest BCUT2D eigenvalue weighted by atomic mass is 19.1. The normalized spacial score (nSPS) is 15.5. The van der Waals surface area contributed by atoms with Crippen molar-refractivity contribution in [2.45, 2.75) is 38.8 Å². The van der Waals surface area contributed by atoms with Gasteiger partial charge in [0.15, 0.2) is 17.3 Å². The Morgan fingerprint density at radius 2 is 1.74 bits per heavy atom. The zero-order valence-electron chi connectivity index (χ0n) is 22.9. The number of halogens is 1. The Balaban J connectivity index is 1.60. The molecule has 0 unspecified atom stereocenters. The van der Waals surface area contributed by atoms with Crippen LogP contribution in [0.3, 0.4) is 0 Å². The fourth-order valence-corrected chi connectivity index (χ4v) is 5.13. The first-order valence-electron chi connectivity index (χ1n) is 13.1. The molecule has 11 heteroatoms. The average Bonchev–Trinajstić information content (AvgIpc) is 3.44. The van der Waals surface area contributed by atoms with Crippen LogP contribution < -0.4 is 19.9 Å². The van der Waals surface area contributed by atoms with Crippen molar-refractivity contribution >= 4 is 16.6 Å². The highest BCUT2D eigenvalue weighted by Gasteiger charge is 2.36. The molecule has 1 N–H and O–H groups in total. The number of hydrogen-bond donors (Lipinski definition) is 1. The number of nitrogens with zero attached hydrogens (tertiary/aromatic N) is 6. The van der Waals surface area contributed by atoms with Gasteiger partial charge in [-0.25, -0.2) is 9.07 Å². The molecule has 3 heterocycles. The molecular formula is C28H34FN7O3. The number of para-hydroxylation sites is 1. The lowest BCUT2D eigenvalue weighted by molar-refractivity contribution is 0.186. The monoisotopic (exact) mass is 535 g/mol.